The number of hydrogen-bond donors (Lipinski definition) is 10. The number of nitrogens with one attached hydrogen (secondary N) is 3. The van der Waals surface area contributed by atoms with Crippen molar-refractivity contribution in [3.63, 3.8) is 0 Å². The van der Waals surface area contributed by atoms with Gasteiger partial charge in [-0.2, -0.15) is 0 Å². The van der Waals surface area contributed by atoms with E-state index in [2.05, 4.69) is 25.9 Å². The Labute approximate surface area is 201 Å². The minimum atomic E-state index is -1.30. The zero-order chi connectivity index (χ0) is 27.0. The van der Waals surface area contributed by atoms with Crippen molar-refractivity contribution in [2.75, 3.05) is 19.6 Å². The summed E-state index contributed by atoms with van der Waals surface area (Å²) in [6, 6.07) is -3.63. The molecule has 35 heavy (non-hydrogen) atoms. The summed E-state index contributed by atoms with van der Waals surface area (Å²) in [5.41, 5.74) is 31.7. The van der Waals surface area contributed by atoms with Crippen molar-refractivity contribution in [3.8, 4) is 0 Å². The third-order valence-electron chi connectivity index (χ3n) is 4.33. The zero-order valence-electron chi connectivity index (χ0n) is 19.2. The van der Waals surface area contributed by atoms with Crippen LogP contribution in [0.2, 0.25) is 0 Å². The van der Waals surface area contributed by atoms with Gasteiger partial charge in [-0.15, -0.1) is 0 Å². The van der Waals surface area contributed by atoms with Crippen LogP contribution in [0.3, 0.4) is 0 Å². The Hall–Kier alpha value is -4.15. The van der Waals surface area contributed by atoms with Gasteiger partial charge < -0.3 is 55.5 Å². The maximum absolute atomic E-state index is 12.9. The van der Waals surface area contributed by atoms with Crippen LogP contribution >= 0.6 is 0 Å². The first-order chi connectivity index (χ1) is 16.3. The third-order valence-corrected chi connectivity index (χ3v) is 4.33. The molecule has 0 aromatic heterocycles. The summed E-state index contributed by atoms with van der Waals surface area (Å²) in [6.45, 7) is -0.363. The molecule has 0 aromatic rings. The first-order valence-corrected chi connectivity index (χ1v) is 10.6. The Kier molecular flexibility index (Phi) is 14.5. The van der Waals surface area contributed by atoms with E-state index in [-0.39, 0.29) is 50.7 Å². The summed E-state index contributed by atoms with van der Waals surface area (Å²) in [4.78, 5) is 67.1. The van der Waals surface area contributed by atoms with Gasteiger partial charge in [0.1, 0.15) is 18.6 Å². The van der Waals surface area contributed by atoms with Crippen LogP contribution in [-0.2, 0) is 24.0 Å². The minimum Gasteiger partial charge on any atom is -0.480 e. The lowest BCUT2D eigenvalue weighted by Crippen LogP contribution is -2.56. The highest BCUT2D eigenvalue weighted by Crippen LogP contribution is 2.04. The number of guanidine groups is 2. The van der Waals surface area contributed by atoms with Crippen molar-refractivity contribution in [1.29, 1.82) is 0 Å². The largest absolute Gasteiger partial charge is 0.480 e. The van der Waals surface area contributed by atoms with Gasteiger partial charge in [-0.05, 0) is 25.7 Å². The normalized spacial score (nSPS) is 12.8. The van der Waals surface area contributed by atoms with Crippen molar-refractivity contribution in [2.45, 2.75) is 50.2 Å². The van der Waals surface area contributed by atoms with E-state index in [0.717, 1.165) is 0 Å². The molecule has 16 N–H and O–H groups in total. The molecule has 0 saturated carbocycles. The number of hydrogen-bond acceptors (Lipinski definition) is 8. The molecule has 198 valence electrons. The molecule has 3 atom stereocenters. The molecule has 3 unspecified atom stereocenters. The van der Waals surface area contributed by atoms with Gasteiger partial charge in [-0.1, -0.05) is 0 Å². The quantitative estimate of drug-likeness (QED) is 0.0508. The van der Waals surface area contributed by atoms with Crippen molar-refractivity contribution < 1.29 is 29.1 Å². The third kappa shape index (κ3) is 15.3. The average molecular weight is 502 g/mol. The Balaban J connectivity index is 5.47. The lowest BCUT2D eigenvalue weighted by Gasteiger charge is -2.24. The number of rotatable bonds is 17. The van der Waals surface area contributed by atoms with E-state index in [9.17, 15) is 24.0 Å². The number of aliphatic imine (C=N–C) groups is 2. The molecule has 0 aromatic carbocycles. The molecular formula is C18H35N11O6. The van der Waals surface area contributed by atoms with Gasteiger partial charge in [0.15, 0.2) is 11.9 Å². The number of nitrogens with two attached hydrogens (primary N) is 6. The second-order valence-corrected chi connectivity index (χ2v) is 7.41. The molecule has 0 spiro atoms. The minimum absolute atomic E-state index is 0.0507. The van der Waals surface area contributed by atoms with Gasteiger partial charge in [0, 0.05) is 13.1 Å². The molecule has 4 amide bonds. The number of primary amides is 1. The fourth-order valence-electron chi connectivity index (χ4n) is 2.69. The van der Waals surface area contributed by atoms with Crippen LogP contribution in [0.25, 0.3) is 0 Å². The number of carbonyl (C=O) groups is 5. The number of aliphatic carboxylic acids is 1. The van der Waals surface area contributed by atoms with Crippen LogP contribution in [0.15, 0.2) is 9.98 Å². The summed E-state index contributed by atoms with van der Waals surface area (Å²) in [5, 5.41) is 15.9. The van der Waals surface area contributed by atoms with Crippen molar-refractivity contribution in [1.82, 2.24) is 16.0 Å². The Morgan fingerprint density at radius 1 is 0.743 bits per heavy atom. The molecule has 17 nitrogen and oxygen atoms in total. The molecule has 0 aliphatic rings. The zero-order valence-corrected chi connectivity index (χ0v) is 19.2. The summed E-state index contributed by atoms with van der Waals surface area (Å²) in [5.74, 6) is -4.74. The van der Waals surface area contributed by atoms with Crippen LogP contribution in [-0.4, -0.2) is 84.4 Å². The predicted octanol–water partition coefficient (Wildman–Crippen LogP) is -5.53. The van der Waals surface area contributed by atoms with Crippen LogP contribution in [0.5, 0.6) is 0 Å². The summed E-state index contributed by atoms with van der Waals surface area (Å²) in [7, 11) is 0. The topological polar surface area (TPSA) is 323 Å². The fourth-order valence-corrected chi connectivity index (χ4v) is 2.69. The standard InChI is InChI=1S/C18H35N11O6/c19-9(7-12(20)30)14(33)28-11(4-2-6-26-18(23)24)16(35)29-10(3-1-5-25-17(21)22)15(34)27-8-13(31)32/h9-11H,1-8,19H2,(H2,20,30)(H,27,34)(H,28,33)(H,29,35)(H,31,32)(H4,21,22,25)(H4,23,24,26). The first-order valence-electron chi connectivity index (χ1n) is 10.6. The van der Waals surface area contributed by atoms with E-state index in [1.807, 2.05) is 0 Å². The molecule has 0 bridgehead atoms. The van der Waals surface area contributed by atoms with Crippen LogP contribution in [0, 0.1) is 0 Å². The van der Waals surface area contributed by atoms with E-state index in [1.165, 1.54) is 0 Å². The molecule has 0 fully saturated rings. The molecule has 0 heterocycles. The highest BCUT2D eigenvalue weighted by atomic mass is 16.4. The molecule has 0 radical (unpaired) electrons. The molecule has 17 heteroatoms. The lowest BCUT2D eigenvalue weighted by atomic mass is 10.1. The molecule has 0 aliphatic carbocycles. The van der Waals surface area contributed by atoms with Gasteiger partial charge in [-0.25, -0.2) is 0 Å². The van der Waals surface area contributed by atoms with E-state index >= 15 is 0 Å². The highest BCUT2D eigenvalue weighted by molar-refractivity contribution is 5.94. The molecule has 0 aliphatic heterocycles. The van der Waals surface area contributed by atoms with Crippen LogP contribution in [0.1, 0.15) is 32.1 Å². The number of carboxylic acids is 1. The van der Waals surface area contributed by atoms with E-state index in [1.54, 1.807) is 0 Å². The van der Waals surface area contributed by atoms with Crippen LogP contribution < -0.4 is 50.4 Å². The van der Waals surface area contributed by atoms with Gasteiger partial charge in [0.2, 0.25) is 23.6 Å². The van der Waals surface area contributed by atoms with Gasteiger partial charge >= 0.3 is 5.97 Å². The summed E-state index contributed by atoms with van der Waals surface area (Å²) >= 11 is 0. The summed E-state index contributed by atoms with van der Waals surface area (Å²) in [6.07, 6.45) is 0.203. The van der Waals surface area contributed by atoms with Crippen molar-refractivity contribution in [2.24, 2.45) is 44.4 Å². The number of carboxylic acid groups (broad SMARTS) is 1. The number of amides is 4. The Morgan fingerprint density at radius 3 is 1.63 bits per heavy atom. The van der Waals surface area contributed by atoms with Gasteiger partial charge in [0.05, 0.1) is 12.5 Å². The monoisotopic (exact) mass is 501 g/mol. The number of nitrogens with zero attached hydrogens (tertiary/aromatic N) is 2. The van der Waals surface area contributed by atoms with Gasteiger partial charge in [-0.3, -0.25) is 34.0 Å². The average Bonchev–Trinajstić information content (AvgIpc) is 2.74. The second-order valence-electron chi connectivity index (χ2n) is 7.41. The van der Waals surface area contributed by atoms with E-state index in [4.69, 9.17) is 39.5 Å². The Morgan fingerprint density at radius 2 is 1.20 bits per heavy atom. The van der Waals surface area contributed by atoms with Crippen LogP contribution in [0.4, 0.5) is 0 Å². The first kappa shape index (κ1) is 30.8. The fraction of sp³-hybridized carbons (Fsp3) is 0.611. The van der Waals surface area contributed by atoms with E-state index in [0.29, 0.717) is 0 Å². The predicted molar refractivity (Wildman–Crippen MR) is 126 cm³/mol. The SMILES string of the molecule is NC(=O)CC(N)C(=O)NC(CCCN=C(N)N)C(=O)NC(CCCN=C(N)N)C(=O)NCC(=O)O. The van der Waals surface area contributed by atoms with Crippen molar-refractivity contribution >= 4 is 41.5 Å². The Bertz CT molecular complexity index is 809. The second kappa shape index (κ2) is 16.5. The summed E-state index contributed by atoms with van der Waals surface area (Å²) < 4.78 is 0. The maximum Gasteiger partial charge on any atom is 0.322 e. The highest BCUT2D eigenvalue weighted by Gasteiger charge is 2.28. The number of carbonyl (C=O) groups excluding carboxylic acids is 4. The molecule has 0 saturated heterocycles. The smallest absolute Gasteiger partial charge is 0.322 e. The van der Waals surface area contributed by atoms with E-state index < -0.39 is 60.7 Å². The molecule has 0 rings (SSSR count). The van der Waals surface area contributed by atoms with Gasteiger partial charge in [0.25, 0.3) is 0 Å². The van der Waals surface area contributed by atoms with Crippen molar-refractivity contribution in [3.05, 3.63) is 0 Å². The maximum atomic E-state index is 12.9. The molecular weight excluding hydrogens is 466 g/mol. The lowest BCUT2D eigenvalue weighted by molar-refractivity contribution is -0.138.